The van der Waals surface area contributed by atoms with Crippen molar-refractivity contribution in [1.29, 1.82) is 0 Å². The lowest BCUT2D eigenvalue weighted by Gasteiger charge is -2.26. The van der Waals surface area contributed by atoms with E-state index in [4.69, 9.17) is 9.15 Å². The van der Waals surface area contributed by atoms with Crippen LogP contribution in [0.1, 0.15) is 53.6 Å². The van der Waals surface area contributed by atoms with E-state index in [0.29, 0.717) is 34.8 Å². The summed E-state index contributed by atoms with van der Waals surface area (Å²) < 4.78 is 12.0. The van der Waals surface area contributed by atoms with Crippen molar-refractivity contribution in [3.63, 3.8) is 0 Å². The minimum absolute atomic E-state index is 0.0985. The van der Waals surface area contributed by atoms with E-state index in [1.807, 2.05) is 55.5 Å². The predicted octanol–water partition coefficient (Wildman–Crippen LogP) is 6.28. The van der Waals surface area contributed by atoms with E-state index < -0.39 is 6.04 Å². The second-order valence-corrected chi connectivity index (χ2v) is 9.19. The number of benzene rings is 3. The van der Waals surface area contributed by atoms with Crippen LogP contribution in [0.2, 0.25) is 0 Å². The van der Waals surface area contributed by atoms with Gasteiger partial charge in [-0.3, -0.25) is 14.5 Å². The Morgan fingerprint density at radius 3 is 2.56 bits per heavy atom. The molecule has 172 valence electrons. The maximum Gasteiger partial charge on any atom is 0.295 e. The molecule has 1 aliphatic heterocycles. The molecule has 5 heteroatoms. The fraction of sp³-hybridized carbons (Fsp3) is 0.241. The van der Waals surface area contributed by atoms with Gasteiger partial charge in [0.2, 0.25) is 5.76 Å². The number of amides is 1. The number of carbonyl (C=O) groups is 1. The van der Waals surface area contributed by atoms with Crippen molar-refractivity contribution in [1.82, 2.24) is 0 Å². The number of hydrogen-bond donors (Lipinski definition) is 0. The number of para-hydroxylation sites is 1. The van der Waals surface area contributed by atoms with Gasteiger partial charge in [0, 0.05) is 5.69 Å². The van der Waals surface area contributed by atoms with Crippen molar-refractivity contribution in [2.75, 3.05) is 11.5 Å². The Morgan fingerprint density at radius 2 is 1.76 bits per heavy atom. The van der Waals surface area contributed by atoms with Gasteiger partial charge in [-0.15, -0.1) is 0 Å². The highest BCUT2D eigenvalue weighted by atomic mass is 16.5. The summed E-state index contributed by atoms with van der Waals surface area (Å²) in [6.45, 7) is 6.90. The van der Waals surface area contributed by atoms with Crippen LogP contribution >= 0.6 is 0 Å². The number of fused-ring (bicyclic) bond motifs is 2. The maximum atomic E-state index is 13.7. The molecule has 1 amide bonds. The summed E-state index contributed by atoms with van der Waals surface area (Å²) in [6.07, 6.45) is 0.944. The van der Waals surface area contributed by atoms with Crippen LogP contribution in [0.3, 0.4) is 0 Å². The molecule has 1 unspecified atom stereocenters. The number of carbonyl (C=O) groups excluding carboxylic acids is 1. The van der Waals surface area contributed by atoms with Crippen LogP contribution in [0.5, 0.6) is 5.75 Å². The van der Waals surface area contributed by atoms with E-state index in [1.54, 1.807) is 29.2 Å². The Morgan fingerprint density at radius 1 is 0.971 bits per heavy atom. The van der Waals surface area contributed by atoms with Gasteiger partial charge in [0.1, 0.15) is 11.3 Å². The SMILES string of the molecule is Cc1cccc(N2C(=O)c3oc4ccccc4c(=O)c3C2c2cccc(OCCC(C)C)c2)c1. The van der Waals surface area contributed by atoms with Gasteiger partial charge in [0.05, 0.1) is 23.6 Å². The smallest absolute Gasteiger partial charge is 0.295 e. The monoisotopic (exact) mass is 453 g/mol. The zero-order valence-corrected chi connectivity index (χ0v) is 19.6. The fourth-order valence-corrected chi connectivity index (χ4v) is 4.47. The summed E-state index contributed by atoms with van der Waals surface area (Å²) in [5.74, 6) is 1.03. The molecule has 5 rings (SSSR count). The van der Waals surface area contributed by atoms with Gasteiger partial charge in [-0.2, -0.15) is 0 Å². The van der Waals surface area contributed by atoms with Gasteiger partial charge >= 0.3 is 0 Å². The van der Waals surface area contributed by atoms with Crippen molar-refractivity contribution in [2.45, 2.75) is 33.2 Å². The van der Waals surface area contributed by atoms with Crippen LogP contribution in [0.4, 0.5) is 5.69 Å². The highest BCUT2D eigenvalue weighted by Gasteiger charge is 2.43. The lowest BCUT2D eigenvalue weighted by atomic mass is 9.98. The first-order valence-electron chi connectivity index (χ1n) is 11.6. The molecule has 0 saturated carbocycles. The number of nitrogens with zero attached hydrogens (tertiary/aromatic N) is 1. The van der Waals surface area contributed by atoms with Crippen molar-refractivity contribution >= 4 is 22.6 Å². The molecule has 0 N–H and O–H groups in total. The normalized spacial score (nSPS) is 15.2. The molecule has 0 spiro atoms. The topological polar surface area (TPSA) is 59.8 Å². The number of rotatable bonds is 6. The van der Waals surface area contributed by atoms with E-state index in [1.165, 1.54) is 0 Å². The quantitative estimate of drug-likeness (QED) is 0.345. The Kier molecular flexibility index (Phi) is 5.70. The molecule has 4 aromatic rings. The molecule has 3 aromatic carbocycles. The average Bonchev–Trinajstić information content (AvgIpc) is 3.12. The summed E-state index contributed by atoms with van der Waals surface area (Å²) in [4.78, 5) is 29.0. The summed E-state index contributed by atoms with van der Waals surface area (Å²) in [6, 6.07) is 21.8. The van der Waals surface area contributed by atoms with Gasteiger partial charge in [-0.1, -0.05) is 50.2 Å². The summed E-state index contributed by atoms with van der Waals surface area (Å²) >= 11 is 0. The third kappa shape index (κ3) is 3.87. The molecule has 0 saturated heterocycles. The second-order valence-electron chi connectivity index (χ2n) is 9.19. The lowest BCUT2D eigenvalue weighted by molar-refractivity contribution is 0.0971. The molecule has 0 bridgehead atoms. The molecule has 34 heavy (non-hydrogen) atoms. The van der Waals surface area contributed by atoms with Crippen LogP contribution in [0.25, 0.3) is 11.0 Å². The molecule has 2 heterocycles. The lowest BCUT2D eigenvalue weighted by Crippen LogP contribution is -2.29. The molecule has 0 aliphatic carbocycles. The number of anilines is 1. The number of aryl methyl sites for hydroxylation is 1. The van der Waals surface area contributed by atoms with Crippen molar-refractivity contribution in [2.24, 2.45) is 5.92 Å². The Hall–Kier alpha value is -3.86. The third-order valence-corrected chi connectivity index (χ3v) is 6.20. The summed E-state index contributed by atoms with van der Waals surface area (Å²) in [7, 11) is 0. The Balaban J connectivity index is 1.68. The van der Waals surface area contributed by atoms with E-state index in [0.717, 1.165) is 23.2 Å². The van der Waals surface area contributed by atoms with Crippen molar-refractivity contribution in [3.05, 3.63) is 105 Å². The first-order chi connectivity index (χ1) is 16.4. The third-order valence-electron chi connectivity index (χ3n) is 6.20. The van der Waals surface area contributed by atoms with Gasteiger partial charge < -0.3 is 9.15 Å². The molecule has 1 atom stereocenters. The Labute approximate surface area is 198 Å². The largest absolute Gasteiger partial charge is 0.494 e. The van der Waals surface area contributed by atoms with E-state index >= 15 is 0 Å². The molecule has 1 aliphatic rings. The maximum absolute atomic E-state index is 13.7. The molecule has 0 fully saturated rings. The zero-order valence-electron chi connectivity index (χ0n) is 19.6. The fourth-order valence-electron chi connectivity index (χ4n) is 4.47. The molecular weight excluding hydrogens is 426 g/mol. The van der Waals surface area contributed by atoms with E-state index in [2.05, 4.69) is 13.8 Å². The predicted molar refractivity (Wildman–Crippen MR) is 134 cm³/mol. The first kappa shape index (κ1) is 22.0. The standard InChI is InChI=1S/C29H27NO4/c1-18(2)14-15-33-22-11-7-9-20(17-22)26-25-27(31)23-12-4-5-13-24(23)34-28(25)29(32)30(26)21-10-6-8-19(3)16-21/h4-13,16-18,26H,14-15H2,1-3H3. The van der Waals surface area contributed by atoms with Crippen LogP contribution in [-0.2, 0) is 0 Å². The summed E-state index contributed by atoms with van der Waals surface area (Å²) in [5.41, 5.74) is 3.14. The Bertz CT molecular complexity index is 1440. The van der Waals surface area contributed by atoms with E-state index in [9.17, 15) is 9.59 Å². The average molecular weight is 454 g/mol. The van der Waals surface area contributed by atoms with E-state index in [-0.39, 0.29) is 17.1 Å². The zero-order chi connectivity index (χ0) is 23.8. The summed E-state index contributed by atoms with van der Waals surface area (Å²) in [5, 5.41) is 0.467. The van der Waals surface area contributed by atoms with Gasteiger partial charge in [-0.05, 0) is 66.8 Å². The van der Waals surface area contributed by atoms with Gasteiger partial charge in [0.25, 0.3) is 5.91 Å². The molecule has 1 aromatic heterocycles. The van der Waals surface area contributed by atoms with Gasteiger partial charge in [-0.25, -0.2) is 0 Å². The van der Waals surface area contributed by atoms with Crippen molar-refractivity contribution in [3.8, 4) is 5.75 Å². The highest BCUT2D eigenvalue weighted by Crippen LogP contribution is 2.42. The molecule has 5 nitrogen and oxygen atoms in total. The van der Waals surface area contributed by atoms with Crippen LogP contribution < -0.4 is 15.1 Å². The first-order valence-corrected chi connectivity index (χ1v) is 11.6. The van der Waals surface area contributed by atoms with Crippen LogP contribution in [0.15, 0.2) is 82.0 Å². The molecule has 0 radical (unpaired) electrons. The second kappa shape index (κ2) is 8.82. The van der Waals surface area contributed by atoms with Crippen LogP contribution in [-0.4, -0.2) is 12.5 Å². The van der Waals surface area contributed by atoms with Gasteiger partial charge in [0.15, 0.2) is 5.43 Å². The number of hydrogen-bond acceptors (Lipinski definition) is 4. The number of ether oxygens (including phenoxy) is 1. The van der Waals surface area contributed by atoms with Crippen LogP contribution in [0, 0.1) is 12.8 Å². The molecular formula is C29H27NO4. The minimum atomic E-state index is -0.612. The highest BCUT2D eigenvalue weighted by molar-refractivity contribution is 6.10. The minimum Gasteiger partial charge on any atom is -0.494 e. The van der Waals surface area contributed by atoms with Crippen molar-refractivity contribution < 1.29 is 13.9 Å².